The molecule has 0 heterocycles. The number of hydrogen-bond donors (Lipinski definition) is 1. The molecular weight excluding hydrogens is 240 g/mol. The van der Waals surface area contributed by atoms with Gasteiger partial charge in [0.2, 0.25) is 0 Å². The van der Waals surface area contributed by atoms with Gasteiger partial charge in [-0.25, -0.2) is 4.79 Å². The Kier molecular flexibility index (Phi) is 3.57. The van der Waals surface area contributed by atoms with Crippen molar-refractivity contribution in [2.24, 2.45) is 0 Å². The first-order chi connectivity index (χ1) is 8.13. The number of carbonyl (C=O) groups is 1. The molecule has 4 heteroatoms. The zero-order valence-electron chi connectivity index (χ0n) is 9.70. The summed E-state index contributed by atoms with van der Waals surface area (Å²) in [6.45, 7) is 0. The van der Waals surface area contributed by atoms with Gasteiger partial charge in [0, 0.05) is 0 Å². The second-order valence-electron chi connectivity index (χ2n) is 4.37. The average molecular weight is 255 g/mol. The number of hydrogen-bond acceptors (Lipinski definition) is 2. The second kappa shape index (κ2) is 4.96. The summed E-state index contributed by atoms with van der Waals surface area (Å²) >= 11 is 6.07. The molecule has 1 aliphatic carbocycles. The lowest BCUT2D eigenvalue weighted by Gasteiger charge is -2.16. The number of aromatic carboxylic acids is 1. The molecule has 0 radical (unpaired) electrons. The van der Waals surface area contributed by atoms with Crippen LogP contribution in [0, 0.1) is 0 Å². The van der Waals surface area contributed by atoms with E-state index in [1.165, 1.54) is 18.9 Å². The van der Waals surface area contributed by atoms with Gasteiger partial charge in [0.15, 0.2) is 0 Å². The molecule has 0 saturated heterocycles. The van der Waals surface area contributed by atoms with E-state index in [1.54, 1.807) is 13.2 Å². The lowest BCUT2D eigenvalue weighted by atomic mass is 9.95. The van der Waals surface area contributed by atoms with E-state index >= 15 is 0 Å². The van der Waals surface area contributed by atoms with Crippen LogP contribution in [0.3, 0.4) is 0 Å². The minimum atomic E-state index is -0.950. The standard InChI is InChI=1S/C13H15ClO3/c1-17-12-10(8-4-2-3-5-8)6-9(13(15)16)7-11(12)14/h6-8H,2-5H2,1H3,(H,15,16). The molecular formula is C13H15ClO3. The van der Waals surface area contributed by atoms with E-state index in [9.17, 15) is 4.79 Å². The SMILES string of the molecule is COc1c(Cl)cc(C(=O)O)cc1C1CCCC1. The van der Waals surface area contributed by atoms with Crippen molar-refractivity contribution in [2.45, 2.75) is 31.6 Å². The molecule has 0 aliphatic heterocycles. The van der Waals surface area contributed by atoms with Crippen molar-refractivity contribution in [1.82, 2.24) is 0 Å². The molecule has 0 amide bonds. The predicted octanol–water partition coefficient (Wildman–Crippen LogP) is 3.70. The van der Waals surface area contributed by atoms with Gasteiger partial charge in [0.05, 0.1) is 17.7 Å². The monoisotopic (exact) mass is 254 g/mol. The summed E-state index contributed by atoms with van der Waals surface area (Å²) in [5.41, 5.74) is 1.17. The maximum atomic E-state index is 11.0. The van der Waals surface area contributed by atoms with Gasteiger partial charge in [0.1, 0.15) is 5.75 Å². The van der Waals surface area contributed by atoms with Crippen LogP contribution in [0.2, 0.25) is 5.02 Å². The highest BCUT2D eigenvalue weighted by molar-refractivity contribution is 6.32. The quantitative estimate of drug-likeness (QED) is 0.895. The molecule has 1 fully saturated rings. The van der Waals surface area contributed by atoms with Gasteiger partial charge < -0.3 is 9.84 Å². The minimum absolute atomic E-state index is 0.234. The fraction of sp³-hybridized carbons (Fsp3) is 0.462. The number of methoxy groups -OCH3 is 1. The van der Waals surface area contributed by atoms with Gasteiger partial charge in [0.25, 0.3) is 0 Å². The number of carboxylic acid groups (broad SMARTS) is 1. The normalized spacial score (nSPS) is 16.1. The van der Waals surface area contributed by atoms with Crippen molar-refractivity contribution in [1.29, 1.82) is 0 Å². The topological polar surface area (TPSA) is 46.5 Å². The van der Waals surface area contributed by atoms with E-state index in [1.807, 2.05) is 0 Å². The lowest BCUT2D eigenvalue weighted by molar-refractivity contribution is 0.0696. The molecule has 0 aromatic heterocycles. The Morgan fingerprint density at radius 1 is 1.41 bits per heavy atom. The molecule has 1 N–H and O–H groups in total. The Hall–Kier alpha value is -1.22. The summed E-state index contributed by atoms with van der Waals surface area (Å²) in [6, 6.07) is 3.14. The first-order valence-electron chi connectivity index (χ1n) is 5.74. The van der Waals surface area contributed by atoms with E-state index in [0.717, 1.165) is 18.4 Å². The molecule has 0 atom stereocenters. The van der Waals surface area contributed by atoms with Crippen LogP contribution in [0.1, 0.15) is 47.5 Å². The largest absolute Gasteiger partial charge is 0.495 e. The van der Waals surface area contributed by atoms with E-state index in [-0.39, 0.29) is 5.56 Å². The Labute approximate surface area is 105 Å². The highest BCUT2D eigenvalue weighted by Crippen LogP contribution is 2.42. The van der Waals surface area contributed by atoms with Crippen LogP contribution in [-0.2, 0) is 0 Å². The zero-order chi connectivity index (χ0) is 12.4. The Morgan fingerprint density at radius 2 is 2.06 bits per heavy atom. The van der Waals surface area contributed by atoms with Crippen LogP contribution in [0.15, 0.2) is 12.1 Å². The highest BCUT2D eigenvalue weighted by Gasteiger charge is 2.23. The molecule has 1 aromatic carbocycles. The third-order valence-electron chi connectivity index (χ3n) is 3.32. The molecule has 0 spiro atoms. The minimum Gasteiger partial charge on any atom is -0.495 e. The molecule has 1 aromatic rings. The number of ether oxygens (including phenoxy) is 1. The molecule has 0 bridgehead atoms. The van der Waals surface area contributed by atoms with E-state index in [2.05, 4.69) is 0 Å². The van der Waals surface area contributed by atoms with E-state index in [4.69, 9.17) is 21.4 Å². The molecule has 2 rings (SSSR count). The summed E-state index contributed by atoms with van der Waals surface area (Å²) in [5.74, 6) is 0.0547. The number of benzene rings is 1. The van der Waals surface area contributed by atoms with Crippen molar-refractivity contribution >= 4 is 17.6 Å². The highest BCUT2D eigenvalue weighted by atomic mass is 35.5. The second-order valence-corrected chi connectivity index (χ2v) is 4.77. The third-order valence-corrected chi connectivity index (χ3v) is 3.60. The predicted molar refractivity (Wildman–Crippen MR) is 66.2 cm³/mol. The van der Waals surface area contributed by atoms with Gasteiger partial charge >= 0.3 is 5.97 Å². The van der Waals surface area contributed by atoms with Crippen LogP contribution in [0.5, 0.6) is 5.75 Å². The average Bonchev–Trinajstić information content (AvgIpc) is 2.81. The zero-order valence-corrected chi connectivity index (χ0v) is 10.5. The van der Waals surface area contributed by atoms with Gasteiger partial charge in [-0.15, -0.1) is 0 Å². The lowest BCUT2D eigenvalue weighted by Crippen LogP contribution is -2.03. The van der Waals surface area contributed by atoms with Crippen molar-refractivity contribution in [2.75, 3.05) is 7.11 Å². The number of carboxylic acids is 1. The van der Waals surface area contributed by atoms with Crippen molar-refractivity contribution in [3.63, 3.8) is 0 Å². The van der Waals surface area contributed by atoms with Crippen LogP contribution in [0.25, 0.3) is 0 Å². The molecule has 17 heavy (non-hydrogen) atoms. The Morgan fingerprint density at radius 3 is 2.59 bits per heavy atom. The Balaban J connectivity index is 2.49. The summed E-state index contributed by atoms with van der Waals surface area (Å²) in [5, 5.41) is 9.42. The summed E-state index contributed by atoms with van der Waals surface area (Å²) in [4.78, 5) is 11.0. The number of halogens is 1. The van der Waals surface area contributed by atoms with Crippen molar-refractivity contribution < 1.29 is 14.6 Å². The number of rotatable bonds is 3. The van der Waals surface area contributed by atoms with Crippen molar-refractivity contribution in [3.8, 4) is 5.75 Å². The van der Waals surface area contributed by atoms with Gasteiger partial charge in [-0.3, -0.25) is 0 Å². The fourth-order valence-electron chi connectivity index (χ4n) is 2.49. The maximum absolute atomic E-state index is 11.0. The Bertz CT molecular complexity index is 437. The van der Waals surface area contributed by atoms with Gasteiger partial charge in [-0.1, -0.05) is 24.4 Å². The third kappa shape index (κ3) is 2.39. The smallest absolute Gasteiger partial charge is 0.335 e. The molecule has 0 unspecified atom stereocenters. The van der Waals surface area contributed by atoms with Gasteiger partial charge in [-0.05, 0) is 36.5 Å². The summed E-state index contributed by atoms with van der Waals surface area (Å²) in [7, 11) is 1.57. The van der Waals surface area contributed by atoms with Crippen LogP contribution >= 0.6 is 11.6 Å². The van der Waals surface area contributed by atoms with Crippen LogP contribution < -0.4 is 4.74 Å². The van der Waals surface area contributed by atoms with E-state index in [0.29, 0.717) is 16.7 Å². The van der Waals surface area contributed by atoms with E-state index < -0.39 is 5.97 Å². The van der Waals surface area contributed by atoms with Crippen LogP contribution in [-0.4, -0.2) is 18.2 Å². The van der Waals surface area contributed by atoms with Gasteiger partial charge in [-0.2, -0.15) is 0 Å². The molecule has 92 valence electrons. The van der Waals surface area contributed by atoms with Crippen molar-refractivity contribution in [3.05, 3.63) is 28.3 Å². The summed E-state index contributed by atoms with van der Waals surface area (Å²) < 4.78 is 5.30. The molecule has 3 nitrogen and oxygen atoms in total. The fourth-order valence-corrected chi connectivity index (χ4v) is 2.80. The molecule has 1 saturated carbocycles. The van der Waals surface area contributed by atoms with Crippen LogP contribution in [0.4, 0.5) is 0 Å². The first kappa shape index (κ1) is 12.2. The maximum Gasteiger partial charge on any atom is 0.335 e. The first-order valence-corrected chi connectivity index (χ1v) is 6.12. The molecule has 1 aliphatic rings. The summed E-state index contributed by atoms with van der Waals surface area (Å²) in [6.07, 6.45) is 4.52.